The maximum absolute atomic E-state index is 4.85. The number of rotatable bonds is 4. The van der Waals surface area contributed by atoms with Gasteiger partial charge in [0.05, 0.1) is 0 Å². The smallest absolute Gasteiger partial charge is 0.315 e. The van der Waals surface area contributed by atoms with Gasteiger partial charge in [-0.05, 0) is 6.42 Å². The van der Waals surface area contributed by atoms with Crippen molar-refractivity contribution in [3.05, 3.63) is 6.39 Å². The minimum Gasteiger partial charge on any atom is -0.411 e. The molecule has 0 aliphatic carbocycles. The van der Waals surface area contributed by atoms with Crippen molar-refractivity contribution in [1.29, 1.82) is 0 Å². The van der Waals surface area contributed by atoms with Gasteiger partial charge in [0, 0.05) is 6.54 Å². The molecule has 0 aliphatic heterocycles. The summed E-state index contributed by atoms with van der Waals surface area (Å²) in [6, 6.07) is 0.508. The highest BCUT2D eigenvalue weighted by atomic mass is 16.4. The summed E-state index contributed by atoms with van der Waals surface area (Å²) in [6.07, 6.45) is 3.61. The number of anilines is 1. The quantitative estimate of drug-likeness (QED) is 0.642. The van der Waals surface area contributed by atoms with Crippen LogP contribution in [0.15, 0.2) is 10.8 Å². The molecule has 0 aromatic carbocycles. The van der Waals surface area contributed by atoms with E-state index in [-0.39, 0.29) is 0 Å². The first kappa shape index (κ1) is 7.05. The Morgan fingerprint density at radius 1 is 1.70 bits per heavy atom. The minimum absolute atomic E-state index is 0.508. The van der Waals surface area contributed by atoms with Gasteiger partial charge in [-0.15, -0.1) is 5.10 Å². The van der Waals surface area contributed by atoms with Gasteiger partial charge in [0.2, 0.25) is 6.39 Å². The second kappa shape index (κ2) is 3.87. The fraction of sp³-hybridized carbons (Fsp3) is 0.667. The zero-order valence-electron chi connectivity index (χ0n) is 6.00. The molecule has 0 spiro atoms. The van der Waals surface area contributed by atoms with Gasteiger partial charge in [0.1, 0.15) is 0 Å². The molecule has 0 amide bonds. The Balaban J connectivity index is 2.15. The summed E-state index contributed by atoms with van der Waals surface area (Å²) in [7, 11) is 0. The lowest BCUT2D eigenvalue weighted by Gasteiger charge is -1.96. The van der Waals surface area contributed by atoms with Crippen LogP contribution in [0.3, 0.4) is 0 Å². The molecule has 56 valence electrons. The molecule has 0 radical (unpaired) electrons. The zero-order chi connectivity index (χ0) is 7.23. The van der Waals surface area contributed by atoms with Crippen LogP contribution in [0.5, 0.6) is 0 Å². The van der Waals surface area contributed by atoms with Gasteiger partial charge in [-0.2, -0.15) is 0 Å². The lowest BCUT2D eigenvalue weighted by molar-refractivity contribution is 0.564. The molecular formula is C6H11N3O. The van der Waals surface area contributed by atoms with Crippen molar-refractivity contribution in [3.8, 4) is 0 Å². The Hall–Kier alpha value is -1.06. The van der Waals surface area contributed by atoms with Gasteiger partial charge in [-0.1, -0.05) is 18.4 Å². The number of nitrogens with one attached hydrogen (secondary N) is 1. The molecular weight excluding hydrogens is 130 g/mol. The third-order valence-corrected chi connectivity index (χ3v) is 1.17. The van der Waals surface area contributed by atoms with E-state index in [1.54, 1.807) is 0 Å². The lowest BCUT2D eigenvalue weighted by Crippen LogP contribution is -2.00. The number of hydrogen-bond donors (Lipinski definition) is 1. The minimum atomic E-state index is 0.508. The second-order valence-electron chi connectivity index (χ2n) is 2.02. The van der Waals surface area contributed by atoms with E-state index in [1.807, 2.05) is 0 Å². The van der Waals surface area contributed by atoms with Crippen LogP contribution in [0.4, 0.5) is 6.01 Å². The fourth-order valence-corrected chi connectivity index (χ4v) is 0.622. The average molecular weight is 141 g/mol. The van der Waals surface area contributed by atoms with Crippen molar-refractivity contribution in [2.75, 3.05) is 11.9 Å². The third-order valence-electron chi connectivity index (χ3n) is 1.17. The van der Waals surface area contributed by atoms with Crippen molar-refractivity contribution < 1.29 is 4.42 Å². The van der Waals surface area contributed by atoms with Gasteiger partial charge in [0.25, 0.3) is 0 Å². The van der Waals surface area contributed by atoms with Crippen LogP contribution >= 0.6 is 0 Å². The summed E-state index contributed by atoms with van der Waals surface area (Å²) in [5.41, 5.74) is 0. The standard InChI is InChI=1S/C6H11N3O/c1-2-3-4-7-6-9-8-5-10-6/h5H,2-4H2,1H3,(H,7,9). The molecule has 1 heterocycles. The summed E-state index contributed by atoms with van der Waals surface area (Å²) >= 11 is 0. The van der Waals surface area contributed by atoms with Gasteiger partial charge in [-0.25, -0.2) is 0 Å². The molecule has 1 rings (SSSR count). The molecule has 0 saturated heterocycles. The molecule has 0 bridgehead atoms. The fourth-order valence-electron chi connectivity index (χ4n) is 0.622. The van der Waals surface area contributed by atoms with E-state index >= 15 is 0 Å². The topological polar surface area (TPSA) is 51.0 Å². The molecule has 0 fully saturated rings. The number of aromatic nitrogens is 2. The molecule has 4 nitrogen and oxygen atoms in total. The van der Waals surface area contributed by atoms with Crippen molar-refractivity contribution >= 4 is 6.01 Å². The Morgan fingerprint density at radius 3 is 3.20 bits per heavy atom. The highest BCUT2D eigenvalue weighted by Gasteiger charge is 1.93. The summed E-state index contributed by atoms with van der Waals surface area (Å²) in [6.45, 7) is 3.04. The second-order valence-corrected chi connectivity index (χ2v) is 2.02. The zero-order valence-corrected chi connectivity index (χ0v) is 6.00. The predicted molar refractivity (Wildman–Crippen MR) is 37.7 cm³/mol. The van der Waals surface area contributed by atoms with Crippen LogP contribution in [-0.2, 0) is 0 Å². The first-order valence-corrected chi connectivity index (χ1v) is 3.43. The lowest BCUT2D eigenvalue weighted by atomic mass is 10.3. The Morgan fingerprint density at radius 2 is 2.60 bits per heavy atom. The number of nitrogens with zero attached hydrogens (tertiary/aromatic N) is 2. The van der Waals surface area contributed by atoms with E-state index in [4.69, 9.17) is 4.42 Å². The maximum Gasteiger partial charge on any atom is 0.315 e. The Bertz CT molecular complexity index is 162. The normalized spacial score (nSPS) is 9.70. The molecule has 1 aromatic rings. The molecule has 1 aromatic heterocycles. The molecule has 0 unspecified atom stereocenters. The van der Waals surface area contributed by atoms with Gasteiger partial charge >= 0.3 is 6.01 Å². The monoisotopic (exact) mass is 141 g/mol. The first-order chi connectivity index (χ1) is 4.93. The van der Waals surface area contributed by atoms with Gasteiger partial charge < -0.3 is 9.73 Å². The molecule has 1 N–H and O–H groups in total. The van der Waals surface area contributed by atoms with Crippen LogP contribution < -0.4 is 5.32 Å². The highest BCUT2D eigenvalue weighted by Crippen LogP contribution is 1.98. The van der Waals surface area contributed by atoms with Gasteiger partial charge in [-0.3, -0.25) is 0 Å². The van der Waals surface area contributed by atoms with E-state index in [0.29, 0.717) is 6.01 Å². The largest absolute Gasteiger partial charge is 0.411 e. The van der Waals surface area contributed by atoms with E-state index < -0.39 is 0 Å². The van der Waals surface area contributed by atoms with Crippen LogP contribution in [0.2, 0.25) is 0 Å². The third kappa shape index (κ3) is 2.05. The maximum atomic E-state index is 4.85. The van der Waals surface area contributed by atoms with Gasteiger partial charge in [0.15, 0.2) is 0 Å². The molecule has 0 atom stereocenters. The van der Waals surface area contributed by atoms with Crippen molar-refractivity contribution in [3.63, 3.8) is 0 Å². The SMILES string of the molecule is CCCCNc1nnco1. The number of unbranched alkanes of at least 4 members (excludes halogenated alkanes) is 1. The van der Waals surface area contributed by atoms with E-state index in [9.17, 15) is 0 Å². The first-order valence-electron chi connectivity index (χ1n) is 3.43. The Kier molecular flexibility index (Phi) is 2.73. The van der Waals surface area contributed by atoms with Crippen molar-refractivity contribution in [2.45, 2.75) is 19.8 Å². The summed E-state index contributed by atoms with van der Waals surface area (Å²) < 4.78 is 4.85. The highest BCUT2D eigenvalue weighted by molar-refractivity contribution is 5.14. The van der Waals surface area contributed by atoms with Crippen molar-refractivity contribution in [2.24, 2.45) is 0 Å². The molecule has 0 aliphatic rings. The van der Waals surface area contributed by atoms with Crippen molar-refractivity contribution in [1.82, 2.24) is 10.2 Å². The number of hydrogen-bond acceptors (Lipinski definition) is 4. The predicted octanol–water partition coefficient (Wildman–Crippen LogP) is 1.28. The van der Waals surface area contributed by atoms with Crippen LogP contribution in [0, 0.1) is 0 Å². The Labute approximate surface area is 59.6 Å². The van der Waals surface area contributed by atoms with E-state index in [1.165, 1.54) is 12.8 Å². The summed E-state index contributed by atoms with van der Waals surface area (Å²) in [5, 5.41) is 10.2. The van der Waals surface area contributed by atoms with E-state index in [2.05, 4.69) is 22.4 Å². The summed E-state index contributed by atoms with van der Waals surface area (Å²) in [5.74, 6) is 0. The molecule has 0 saturated carbocycles. The van der Waals surface area contributed by atoms with Crippen LogP contribution in [-0.4, -0.2) is 16.7 Å². The van der Waals surface area contributed by atoms with E-state index in [0.717, 1.165) is 13.0 Å². The average Bonchev–Trinajstić information content (AvgIpc) is 2.41. The van der Waals surface area contributed by atoms with Crippen LogP contribution in [0.1, 0.15) is 19.8 Å². The molecule has 4 heteroatoms. The van der Waals surface area contributed by atoms with Crippen LogP contribution in [0.25, 0.3) is 0 Å². The molecule has 10 heavy (non-hydrogen) atoms. The summed E-state index contributed by atoms with van der Waals surface area (Å²) in [4.78, 5) is 0.